The molecule has 2 aliphatic rings. The number of ether oxygens (including phenoxy) is 1. The van der Waals surface area contributed by atoms with Gasteiger partial charge in [-0.3, -0.25) is 9.69 Å². The van der Waals surface area contributed by atoms with Crippen LogP contribution in [0.15, 0.2) is 23.0 Å². The molecule has 2 heterocycles. The topological polar surface area (TPSA) is 60.6 Å². The summed E-state index contributed by atoms with van der Waals surface area (Å²) in [6.07, 6.45) is 7.21. The van der Waals surface area contributed by atoms with E-state index in [4.69, 9.17) is 17.0 Å². The number of nitrogens with one attached hydrogen (secondary N) is 2. The molecule has 0 atom stereocenters. The van der Waals surface area contributed by atoms with Crippen molar-refractivity contribution in [3.8, 4) is 0 Å². The van der Waals surface area contributed by atoms with Gasteiger partial charge in [0, 0.05) is 43.2 Å². The third kappa shape index (κ3) is 6.34. The van der Waals surface area contributed by atoms with E-state index >= 15 is 0 Å². The lowest BCUT2D eigenvalue weighted by molar-refractivity contribution is 0.0367. The first-order valence-corrected chi connectivity index (χ1v) is 12.9. The Morgan fingerprint density at radius 1 is 1.18 bits per heavy atom. The Kier molecular flexibility index (Phi) is 8.39. The van der Waals surface area contributed by atoms with Gasteiger partial charge in [0.15, 0.2) is 5.11 Å². The Hall–Kier alpha value is -1.96. The monoisotopic (exact) mass is 470 g/mol. The van der Waals surface area contributed by atoms with Gasteiger partial charge >= 0.3 is 0 Å². The van der Waals surface area contributed by atoms with Crippen LogP contribution in [-0.4, -0.2) is 65.3 Å². The lowest BCUT2D eigenvalue weighted by atomic mass is 9.96. The maximum Gasteiger partial charge on any atom is 0.253 e. The first kappa shape index (κ1) is 24.2. The van der Waals surface area contributed by atoms with Crippen LogP contribution in [0.2, 0.25) is 0 Å². The molecule has 6 nitrogen and oxygen atoms in total. The molecule has 0 radical (unpaired) electrons. The summed E-state index contributed by atoms with van der Waals surface area (Å²) in [6.45, 7) is 10.1. The molecule has 0 bridgehead atoms. The summed E-state index contributed by atoms with van der Waals surface area (Å²) in [5, 5.41) is 5.51. The van der Waals surface area contributed by atoms with Crippen LogP contribution in [0.5, 0.6) is 0 Å². The standard InChI is InChI=1S/C26H38N4O2S/c1-19-9-10-20(2)24-23(19)17-21(25(31)28-24)18-30(12-6-11-29-13-15-32-16-14-29)26(33)27-22-7-4-3-5-8-22/h9-10,17,22H,3-8,11-16,18H2,1-2H3,(H,27,33)(H,28,31). The molecule has 7 heteroatoms. The first-order valence-electron chi connectivity index (χ1n) is 12.5. The minimum atomic E-state index is -0.0187. The zero-order valence-electron chi connectivity index (χ0n) is 20.1. The summed E-state index contributed by atoms with van der Waals surface area (Å²) in [5.74, 6) is 0. The number of H-pyrrole nitrogens is 1. The molecule has 1 aromatic heterocycles. The molecule has 1 aliphatic heterocycles. The average molecular weight is 471 g/mol. The zero-order valence-corrected chi connectivity index (χ0v) is 20.9. The fourth-order valence-electron chi connectivity index (χ4n) is 5.02. The van der Waals surface area contributed by atoms with Gasteiger partial charge in [0.25, 0.3) is 5.56 Å². The maximum absolute atomic E-state index is 13.0. The number of thiocarbonyl (C=S) groups is 1. The van der Waals surface area contributed by atoms with Gasteiger partial charge in [-0.25, -0.2) is 0 Å². The molecule has 4 rings (SSSR count). The normalized spacial score (nSPS) is 17.9. The summed E-state index contributed by atoms with van der Waals surface area (Å²) >= 11 is 5.88. The number of rotatable bonds is 7. The van der Waals surface area contributed by atoms with E-state index in [1.54, 1.807) is 0 Å². The minimum absolute atomic E-state index is 0.0187. The number of aromatic nitrogens is 1. The number of hydrogen-bond donors (Lipinski definition) is 2. The van der Waals surface area contributed by atoms with Crippen molar-refractivity contribution in [2.24, 2.45) is 0 Å². The van der Waals surface area contributed by atoms with Crippen LogP contribution in [0, 0.1) is 13.8 Å². The number of aromatic amines is 1. The number of hydrogen-bond acceptors (Lipinski definition) is 4. The molecule has 2 N–H and O–H groups in total. The van der Waals surface area contributed by atoms with Crippen LogP contribution < -0.4 is 10.9 Å². The number of aryl methyl sites for hydroxylation is 2. The third-order valence-corrected chi connectivity index (χ3v) is 7.48. The molecule has 1 saturated heterocycles. The van der Waals surface area contributed by atoms with Gasteiger partial charge in [-0.2, -0.15) is 0 Å². The Morgan fingerprint density at radius 2 is 1.91 bits per heavy atom. The number of pyridine rings is 1. The smallest absolute Gasteiger partial charge is 0.253 e. The van der Waals surface area contributed by atoms with E-state index in [9.17, 15) is 4.79 Å². The van der Waals surface area contributed by atoms with Crippen LogP contribution in [0.4, 0.5) is 0 Å². The number of fused-ring (bicyclic) bond motifs is 1. The van der Waals surface area contributed by atoms with Crippen molar-refractivity contribution in [2.45, 2.75) is 65.0 Å². The van der Waals surface area contributed by atoms with Crippen LogP contribution in [0.3, 0.4) is 0 Å². The third-order valence-electron chi connectivity index (χ3n) is 7.11. The highest BCUT2D eigenvalue weighted by Crippen LogP contribution is 2.21. The molecule has 33 heavy (non-hydrogen) atoms. The fourth-order valence-corrected chi connectivity index (χ4v) is 5.34. The molecule has 1 aromatic carbocycles. The van der Waals surface area contributed by atoms with Crippen molar-refractivity contribution in [1.29, 1.82) is 0 Å². The highest BCUT2D eigenvalue weighted by molar-refractivity contribution is 7.80. The van der Waals surface area contributed by atoms with E-state index in [0.717, 1.165) is 73.0 Å². The summed E-state index contributed by atoms with van der Waals surface area (Å²) in [4.78, 5) is 20.8. The predicted octanol–water partition coefficient (Wildman–Crippen LogP) is 3.88. The van der Waals surface area contributed by atoms with Crippen molar-refractivity contribution in [3.05, 3.63) is 45.2 Å². The Morgan fingerprint density at radius 3 is 2.67 bits per heavy atom. The van der Waals surface area contributed by atoms with Crippen molar-refractivity contribution in [1.82, 2.24) is 20.1 Å². The van der Waals surface area contributed by atoms with Crippen molar-refractivity contribution in [2.75, 3.05) is 39.4 Å². The molecule has 1 saturated carbocycles. The van der Waals surface area contributed by atoms with Crippen LogP contribution in [0.1, 0.15) is 55.2 Å². The van der Waals surface area contributed by atoms with Crippen LogP contribution in [-0.2, 0) is 11.3 Å². The number of morpholine rings is 1. The quantitative estimate of drug-likeness (QED) is 0.599. The van der Waals surface area contributed by atoms with E-state index in [1.165, 1.54) is 37.7 Å². The summed E-state index contributed by atoms with van der Waals surface area (Å²) < 4.78 is 5.47. The van der Waals surface area contributed by atoms with Crippen LogP contribution in [0.25, 0.3) is 10.9 Å². The number of benzene rings is 1. The summed E-state index contributed by atoms with van der Waals surface area (Å²) in [6, 6.07) is 6.70. The van der Waals surface area contributed by atoms with Gasteiger partial charge in [0.1, 0.15) is 0 Å². The Bertz CT molecular complexity index is 1010. The Balaban J connectivity index is 1.50. The van der Waals surface area contributed by atoms with E-state index in [0.29, 0.717) is 12.6 Å². The predicted molar refractivity (Wildman–Crippen MR) is 139 cm³/mol. The molecular weight excluding hydrogens is 432 g/mol. The van der Waals surface area contributed by atoms with Gasteiger partial charge in [-0.1, -0.05) is 31.4 Å². The molecule has 0 amide bonds. The molecule has 2 fully saturated rings. The second-order valence-corrected chi connectivity index (χ2v) is 10.0. The molecule has 1 aliphatic carbocycles. The molecule has 0 unspecified atom stereocenters. The fraction of sp³-hybridized carbons (Fsp3) is 0.615. The minimum Gasteiger partial charge on any atom is -0.379 e. The van der Waals surface area contributed by atoms with Gasteiger partial charge in [-0.15, -0.1) is 0 Å². The molecule has 180 valence electrons. The van der Waals surface area contributed by atoms with E-state index in [1.807, 2.05) is 6.92 Å². The lowest BCUT2D eigenvalue weighted by Crippen LogP contribution is -2.46. The zero-order chi connectivity index (χ0) is 23.2. The van der Waals surface area contributed by atoms with Crippen molar-refractivity contribution in [3.63, 3.8) is 0 Å². The summed E-state index contributed by atoms with van der Waals surface area (Å²) in [7, 11) is 0. The first-order chi connectivity index (χ1) is 16.0. The van der Waals surface area contributed by atoms with Gasteiger partial charge < -0.3 is 19.9 Å². The highest BCUT2D eigenvalue weighted by atomic mass is 32.1. The van der Waals surface area contributed by atoms with E-state index in [2.05, 4.69) is 45.2 Å². The molecule has 0 spiro atoms. The van der Waals surface area contributed by atoms with Crippen LogP contribution >= 0.6 is 12.2 Å². The summed E-state index contributed by atoms with van der Waals surface area (Å²) in [5.41, 5.74) is 3.96. The molecular formula is C26H38N4O2S. The second-order valence-electron chi connectivity index (χ2n) is 9.63. The van der Waals surface area contributed by atoms with Gasteiger partial charge in [0.2, 0.25) is 0 Å². The highest BCUT2D eigenvalue weighted by Gasteiger charge is 2.20. The van der Waals surface area contributed by atoms with Gasteiger partial charge in [-0.05, 0) is 62.5 Å². The SMILES string of the molecule is Cc1ccc(C)c2[nH]c(=O)c(CN(CCCN3CCOCC3)C(=S)NC3CCCCC3)cc12. The largest absolute Gasteiger partial charge is 0.379 e. The number of nitrogens with zero attached hydrogens (tertiary/aromatic N) is 2. The lowest BCUT2D eigenvalue weighted by Gasteiger charge is -2.32. The van der Waals surface area contributed by atoms with E-state index in [-0.39, 0.29) is 5.56 Å². The maximum atomic E-state index is 13.0. The molecule has 2 aromatic rings. The van der Waals surface area contributed by atoms with Gasteiger partial charge in [0.05, 0.1) is 25.3 Å². The Labute approximate surface area is 202 Å². The van der Waals surface area contributed by atoms with E-state index < -0.39 is 0 Å². The second kappa shape index (κ2) is 11.4. The average Bonchev–Trinajstić information content (AvgIpc) is 2.83. The van der Waals surface area contributed by atoms with Crippen molar-refractivity contribution < 1.29 is 4.74 Å². The van der Waals surface area contributed by atoms with Crippen molar-refractivity contribution >= 4 is 28.2 Å².